The summed E-state index contributed by atoms with van der Waals surface area (Å²) in [6, 6.07) is 13.5. The summed E-state index contributed by atoms with van der Waals surface area (Å²) in [5, 5.41) is 2.92. The SMILES string of the molecule is Cc1ccc(N=C2SC(C(=O)Nc3ccc(I)cc3)CC(=O)N2C)cc1C. The summed E-state index contributed by atoms with van der Waals surface area (Å²) < 4.78 is 1.09. The zero-order chi connectivity index (χ0) is 19.6. The van der Waals surface area contributed by atoms with Crippen molar-refractivity contribution in [1.82, 2.24) is 4.90 Å². The molecular weight excluding hydrogens is 473 g/mol. The molecule has 27 heavy (non-hydrogen) atoms. The summed E-state index contributed by atoms with van der Waals surface area (Å²) >= 11 is 3.53. The maximum Gasteiger partial charge on any atom is 0.238 e. The van der Waals surface area contributed by atoms with E-state index < -0.39 is 5.25 Å². The van der Waals surface area contributed by atoms with Gasteiger partial charge in [-0.15, -0.1) is 0 Å². The van der Waals surface area contributed by atoms with E-state index in [1.807, 2.05) is 56.3 Å². The second-order valence-corrected chi connectivity index (χ2v) is 8.84. The average molecular weight is 493 g/mol. The fraction of sp³-hybridized carbons (Fsp3) is 0.250. The number of amides is 2. The van der Waals surface area contributed by atoms with Crippen LogP contribution in [0.25, 0.3) is 0 Å². The molecule has 1 unspecified atom stereocenters. The van der Waals surface area contributed by atoms with Crippen molar-refractivity contribution >= 4 is 62.7 Å². The molecule has 2 aromatic carbocycles. The van der Waals surface area contributed by atoms with Gasteiger partial charge >= 0.3 is 0 Å². The largest absolute Gasteiger partial charge is 0.325 e. The van der Waals surface area contributed by atoms with Crippen LogP contribution in [-0.4, -0.2) is 34.2 Å². The third-order valence-electron chi connectivity index (χ3n) is 4.39. The number of nitrogens with zero attached hydrogens (tertiary/aromatic N) is 2. The van der Waals surface area contributed by atoms with Crippen molar-refractivity contribution in [3.63, 3.8) is 0 Å². The molecular formula is C20H20IN3O2S. The molecule has 0 saturated carbocycles. The Balaban J connectivity index is 1.78. The molecule has 0 radical (unpaired) electrons. The normalized spacial score (nSPS) is 18.7. The molecule has 0 spiro atoms. The van der Waals surface area contributed by atoms with Crippen LogP contribution in [0.2, 0.25) is 0 Å². The van der Waals surface area contributed by atoms with Gasteiger partial charge in [0.15, 0.2) is 5.17 Å². The number of carbonyl (C=O) groups excluding carboxylic acids is 2. The summed E-state index contributed by atoms with van der Waals surface area (Å²) in [4.78, 5) is 31.1. The van der Waals surface area contributed by atoms with Gasteiger partial charge in [-0.05, 0) is 84.0 Å². The summed E-state index contributed by atoms with van der Waals surface area (Å²) in [5.41, 5.74) is 3.83. The van der Waals surface area contributed by atoms with Gasteiger partial charge < -0.3 is 5.32 Å². The average Bonchev–Trinajstić information content (AvgIpc) is 2.63. The van der Waals surface area contributed by atoms with Gasteiger partial charge in [-0.2, -0.15) is 0 Å². The lowest BCUT2D eigenvalue weighted by molar-refractivity contribution is -0.128. The summed E-state index contributed by atoms with van der Waals surface area (Å²) in [6.45, 7) is 4.07. The maximum atomic E-state index is 12.6. The predicted molar refractivity (Wildman–Crippen MR) is 120 cm³/mol. The van der Waals surface area contributed by atoms with E-state index in [9.17, 15) is 9.59 Å². The Morgan fingerprint density at radius 3 is 2.56 bits per heavy atom. The Hall–Kier alpha value is -1.87. The van der Waals surface area contributed by atoms with Crippen molar-refractivity contribution in [2.45, 2.75) is 25.5 Å². The van der Waals surface area contributed by atoms with Gasteiger partial charge in [0, 0.05) is 22.7 Å². The first-order valence-corrected chi connectivity index (χ1v) is 10.4. The Morgan fingerprint density at radius 2 is 1.89 bits per heavy atom. The van der Waals surface area contributed by atoms with Gasteiger partial charge in [0.05, 0.1) is 5.69 Å². The second-order valence-electron chi connectivity index (χ2n) is 6.42. The number of thioether (sulfide) groups is 1. The van der Waals surface area contributed by atoms with E-state index in [-0.39, 0.29) is 18.2 Å². The number of halogens is 1. The third kappa shape index (κ3) is 4.90. The number of amidine groups is 1. The monoisotopic (exact) mass is 493 g/mol. The van der Waals surface area contributed by atoms with E-state index in [4.69, 9.17) is 0 Å². The Morgan fingerprint density at radius 1 is 1.19 bits per heavy atom. The van der Waals surface area contributed by atoms with E-state index >= 15 is 0 Å². The van der Waals surface area contributed by atoms with Gasteiger partial charge in [0.1, 0.15) is 5.25 Å². The molecule has 1 N–H and O–H groups in total. The molecule has 0 bridgehead atoms. The Bertz CT molecular complexity index is 912. The highest BCUT2D eigenvalue weighted by Gasteiger charge is 2.34. The first-order valence-electron chi connectivity index (χ1n) is 8.49. The van der Waals surface area contributed by atoms with Gasteiger partial charge in [-0.1, -0.05) is 17.8 Å². The minimum absolute atomic E-state index is 0.112. The molecule has 140 valence electrons. The molecule has 7 heteroatoms. The zero-order valence-corrected chi connectivity index (χ0v) is 18.3. The maximum absolute atomic E-state index is 12.6. The van der Waals surface area contributed by atoms with Crippen molar-refractivity contribution < 1.29 is 9.59 Å². The van der Waals surface area contributed by atoms with Crippen molar-refractivity contribution in [2.75, 3.05) is 12.4 Å². The number of carbonyl (C=O) groups is 2. The number of aryl methyl sites for hydroxylation is 2. The number of hydrogen-bond donors (Lipinski definition) is 1. The van der Waals surface area contributed by atoms with Gasteiger partial charge in [-0.3, -0.25) is 14.5 Å². The minimum Gasteiger partial charge on any atom is -0.325 e. The van der Waals surface area contributed by atoms with Crippen LogP contribution in [0.4, 0.5) is 11.4 Å². The van der Waals surface area contributed by atoms with Crippen molar-refractivity contribution in [1.29, 1.82) is 0 Å². The van der Waals surface area contributed by atoms with Gasteiger partial charge in [-0.25, -0.2) is 4.99 Å². The Kier molecular flexibility index (Phi) is 6.21. The summed E-state index contributed by atoms with van der Waals surface area (Å²) in [7, 11) is 1.70. The lowest BCUT2D eigenvalue weighted by Gasteiger charge is -2.28. The van der Waals surface area contributed by atoms with Gasteiger partial charge in [0.25, 0.3) is 0 Å². The summed E-state index contributed by atoms with van der Waals surface area (Å²) in [5.74, 6) is -0.297. The highest BCUT2D eigenvalue weighted by atomic mass is 127. The number of aliphatic imine (C=N–C) groups is 1. The quantitative estimate of drug-likeness (QED) is 0.641. The van der Waals surface area contributed by atoms with Crippen LogP contribution in [0.15, 0.2) is 47.5 Å². The van der Waals surface area contributed by atoms with Crippen LogP contribution in [0, 0.1) is 17.4 Å². The lowest BCUT2D eigenvalue weighted by atomic mass is 10.1. The van der Waals surface area contributed by atoms with Crippen molar-refractivity contribution in [3.8, 4) is 0 Å². The van der Waals surface area contributed by atoms with E-state index in [0.717, 1.165) is 20.5 Å². The van der Waals surface area contributed by atoms with Crippen molar-refractivity contribution in [2.24, 2.45) is 4.99 Å². The molecule has 1 atom stereocenters. The van der Waals surface area contributed by atoms with Crippen LogP contribution in [0.5, 0.6) is 0 Å². The fourth-order valence-corrected chi connectivity index (χ4v) is 3.98. The van der Waals surface area contributed by atoms with Crippen LogP contribution in [-0.2, 0) is 9.59 Å². The van der Waals surface area contributed by atoms with E-state index in [0.29, 0.717) is 5.17 Å². The standard InChI is InChI=1S/C20H20IN3O2S/c1-12-4-7-16(10-13(12)2)23-20-24(3)18(25)11-17(27-20)19(26)22-15-8-5-14(21)6-9-15/h4-10,17H,11H2,1-3H3,(H,22,26). The van der Waals surface area contributed by atoms with Crippen LogP contribution in [0.3, 0.4) is 0 Å². The molecule has 1 aliphatic rings. The molecule has 2 amide bonds. The Labute approximate surface area is 176 Å². The molecule has 1 fully saturated rings. The number of nitrogens with one attached hydrogen (secondary N) is 1. The molecule has 3 rings (SSSR count). The fourth-order valence-electron chi connectivity index (χ4n) is 2.56. The molecule has 2 aromatic rings. The smallest absolute Gasteiger partial charge is 0.238 e. The van der Waals surface area contributed by atoms with Crippen LogP contribution in [0.1, 0.15) is 17.5 Å². The van der Waals surface area contributed by atoms with Gasteiger partial charge in [0.2, 0.25) is 11.8 Å². The third-order valence-corrected chi connectivity index (χ3v) is 6.35. The lowest BCUT2D eigenvalue weighted by Crippen LogP contribution is -2.43. The molecule has 5 nitrogen and oxygen atoms in total. The highest BCUT2D eigenvalue weighted by Crippen LogP contribution is 2.29. The highest BCUT2D eigenvalue weighted by molar-refractivity contribution is 14.1. The van der Waals surface area contributed by atoms with E-state index in [2.05, 4.69) is 32.9 Å². The van der Waals surface area contributed by atoms with Crippen molar-refractivity contribution in [3.05, 3.63) is 57.2 Å². The number of hydrogen-bond acceptors (Lipinski definition) is 4. The van der Waals surface area contributed by atoms with E-state index in [1.54, 1.807) is 7.05 Å². The van der Waals surface area contributed by atoms with Crippen LogP contribution < -0.4 is 5.32 Å². The van der Waals surface area contributed by atoms with Crippen LogP contribution >= 0.6 is 34.4 Å². The molecule has 0 aromatic heterocycles. The first-order chi connectivity index (χ1) is 12.8. The zero-order valence-electron chi connectivity index (χ0n) is 15.3. The van der Waals surface area contributed by atoms with E-state index in [1.165, 1.54) is 22.2 Å². The number of rotatable bonds is 3. The molecule has 1 saturated heterocycles. The molecule has 0 aliphatic carbocycles. The second kappa shape index (κ2) is 8.43. The molecule has 1 aliphatic heterocycles. The summed E-state index contributed by atoms with van der Waals surface area (Å²) in [6.07, 6.45) is 0.156. The first kappa shape index (κ1) is 19.9. The molecule has 1 heterocycles. The number of anilines is 1. The topological polar surface area (TPSA) is 61.8 Å². The number of benzene rings is 2. The predicted octanol–water partition coefficient (Wildman–Crippen LogP) is 4.50. The minimum atomic E-state index is -0.502.